The highest BCUT2D eigenvalue weighted by atomic mass is 32.2. The summed E-state index contributed by atoms with van der Waals surface area (Å²) in [6.07, 6.45) is 1.79. The van der Waals surface area contributed by atoms with Gasteiger partial charge in [0, 0.05) is 30.7 Å². The van der Waals surface area contributed by atoms with Gasteiger partial charge >= 0.3 is 0 Å². The van der Waals surface area contributed by atoms with Crippen LogP contribution in [0.25, 0.3) is 5.52 Å². The number of aryl methyl sites for hydroxylation is 2. The van der Waals surface area contributed by atoms with Gasteiger partial charge in [0.05, 0.1) is 17.6 Å². The summed E-state index contributed by atoms with van der Waals surface area (Å²) in [5.74, 6) is 2.03. The number of anilines is 2. The van der Waals surface area contributed by atoms with E-state index < -0.39 is 11.7 Å². The van der Waals surface area contributed by atoms with Crippen LogP contribution in [0.15, 0.2) is 30.5 Å². The van der Waals surface area contributed by atoms with Crippen LogP contribution in [0.5, 0.6) is 0 Å². The normalized spacial score (nSPS) is 14.6. The van der Waals surface area contributed by atoms with E-state index in [4.69, 9.17) is 0 Å². The van der Waals surface area contributed by atoms with E-state index in [9.17, 15) is 9.18 Å². The third kappa shape index (κ3) is 3.62. The third-order valence-electron chi connectivity index (χ3n) is 4.47. The summed E-state index contributed by atoms with van der Waals surface area (Å²) < 4.78 is 15.6. The highest BCUT2D eigenvalue weighted by molar-refractivity contribution is 7.99. The summed E-state index contributed by atoms with van der Waals surface area (Å²) in [5, 5.41) is 7.00. The summed E-state index contributed by atoms with van der Waals surface area (Å²) in [5.41, 5.74) is 2.86. The predicted molar refractivity (Wildman–Crippen MR) is 106 cm³/mol. The van der Waals surface area contributed by atoms with E-state index in [1.807, 2.05) is 25.6 Å². The van der Waals surface area contributed by atoms with Crippen LogP contribution in [0.2, 0.25) is 0 Å². The fourth-order valence-corrected chi connectivity index (χ4v) is 4.03. The number of benzene rings is 1. The monoisotopic (exact) mass is 385 g/mol. The number of amides is 1. The number of hydrogen-bond donors (Lipinski definition) is 1. The number of nitrogens with one attached hydrogen (secondary N) is 1. The number of rotatable bonds is 3. The number of hydrogen-bond acceptors (Lipinski definition) is 5. The largest absolute Gasteiger partial charge is 0.353 e. The van der Waals surface area contributed by atoms with E-state index in [1.54, 1.807) is 28.9 Å². The first-order valence-electron chi connectivity index (χ1n) is 8.78. The maximum absolute atomic E-state index is 14.0. The number of carbonyl (C=O) groups is 1. The van der Waals surface area contributed by atoms with Gasteiger partial charge < -0.3 is 10.2 Å². The topological polar surface area (TPSA) is 62.5 Å². The molecule has 0 aliphatic carbocycles. The summed E-state index contributed by atoms with van der Waals surface area (Å²) in [4.78, 5) is 19.5. The predicted octanol–water partition coefficient (Wildman–Crippen LogP) is 3.29. The molecule has 3 heterocycles. The van der Waals surface area contributed by atoms with Gasteiger partial charge in [0.2, 0.25) is 0 Å². The van der Waals surface area contributed by atoms with Gasteiger partial charge in [-0.2, -0.15) is 16.9 Å². The molecule has 1 fully saturated rings. The van der Waals surface area contributed by atoms with Crippen molar-refractivity contribution < 1.29 is 9.18 Å². The van der Waals surface area contributed by atoms with Crippen molar-refractivity contribution in [3.8, 4) is 0 Å². The van der Waals surface area contributed by atoms with Crippen LogP contribution in [0.4, 0.5) is 15.9 Å². The highest BCUT2D eigenvalue weighted by Crippen LogP contribution is 2.24. The lowest BCUT2D eigenvalue weighted by molar-refractivity contribution is 0.102. The maximum Gasteiger partial charge on any atom is 0.276 e. The number of halogens is 1. The lowest BCUT2D eigenvalue weighted by Crippen LogP contribution is -2.33. The van der Waals surface area contributed by atoms with Crippen LogP contribution in [0.3, 0.4) is 0 Å². The highest BCUT2D eigenvalue weighted by Gasteiger charge is 2.20. The average Bonchev–Trinajstić information content (AvgIpc) is 3.09. The Labute approximate surface area is 160 Å². The summed E-state index contributed by atoms with van der Waals surface area (Å²) in [7, 11) is 0. The van der Waals surface area contributed by atoms with Gasteiger partial charge in [0.15, 0.2) is 11.5 Å². The van der Waals surface area contributed by atoms with Crippen molar-refractivity contribution in [1.29, 1.82) is 0 Å². The molecule has 1 aliphatic heterocycles. The molecule has 3 aromatic rings. The van der Waals surface area contributed by atoms with Gasteiger partial charge in [-0.1, -0.05) is 6.07 Å². The van der Waals surface area contributed by atoms with Crippen molar-refractivity contribution >= 4 is 34.7 Å². The van der Waals surface area contributed by atoms with Crippen molar-refractivity contribution in [2.45, 2.75) is 13.8 Å². The quantitative estimate of drug-likeness (QED) is 0.750. The molecule has 27 heavy (non-hydrogen) atoms. The standard InChI is InChI=1S/C19H20FN5OS/c1-12-3-4-14(20)15(9-12)22-19(26)16-10-17-18(24-5-7-27-8-6-24)21-13(2)11-25(17)23-16/h3-4,9-11H,5-8H2,1-2H3,(H,22,26). The zero-order chi connectivity index (χ0) is 19.0. The molecule has 6 nitrogen and oxygen atoms in total. The Morgan fingerprint density at radius 2 is 2.00 bits per heavy atom. The number of carbonyl (C=O) groups excluding carboxylic acids is 1. The molecule has 4 rings (SSSR count). The number of nitrogens with zero attached hydrogens (tertiary/aromatic N) is 4. The lowest BCUT2D eigenvalue weighted by atomic mass is 10.2. The van der Waals surface area contributed by atoms with Gasteiger partial charge in [-0.15, -0.1) is 0 Å². The van der Waals surface area contributed by atoms with Gasteiger partial charge in [-0.25, -0.2) is 13.9 Å². The SMILES string of the molecule is Cc1ccc(F)c(NC(=O)c2cc3c(N4CCSCC4)nc(C)cn3n2)c1. The van der Waals surface area contributed by atoms with E-state index in [-0.39, 0.29) is 11.4 Å². The Morgan fingerprint density at radius 3 is 2.78 bits per heavy atom. The minimum atomic E-state index is -0.471. The van der Waals surface area contributed by atoms with Crippen molar-refractivity contribution in [1.82, 2.24) is 14.6 Å². The molecule has 0 unspecified atom stereocenters. The molecule has 1 aliphatic rings. The molecular weight excluding hydrogens is 365 g/mol. The molecule has 0 radical (unpaired) electrons. The second-order valence-electron chi connectivity index (χ2n) is 6.60. The Kier molecular flexibility index (Phi) is 4.73. The van der Waals surface area contributed by atoms with Crippen molar-refractivity contribution in [2.75, 3.05) is 34.8 Å². The van der Waals surface area contributed by atoms with Crippen LogP contribution >= 0.6 is 11.8 Å². The first-order chi connectivity index (χ1) is 13.0. The van der Waals surface area contributed by atoms with Crippen LogP contribution < -0.4 is 10.2 Å². The van der Waals surface area contributed by atoms with Crippen LogP contribution in [-0.4, -0.2) is 45.1 Å². The van der Waals surface area contributed by atoms with Gasteiger partial charge in [-0.05, 0) is 31.5 Å². The fraction of sp³-hybridized carbons (Fsp3) is 0.316. The maximum atomic E-state index is 14.0. The molecule has 1 amide bonds. The first kappa shape index (κ1) is 17.8. The average molecular weight is 385 g/mol. The van der Waals surface area contributed by atoms with Gasteiger partial charge in [-0.3, -0.25) is 4.79 Å². The number of aromatic nitrogens is 3. The number of fused-ring (bicyclic) bond motifs is 1. The summed E-state index contributed by atoms with van der Waals surface area (Å²) in [6, 6.07) is 6.32. The molecule has 1 aromatic carbocycles. The van der Waals surface area contributed by atoms with E-state index in [0.717, 1.165) is 47.2 Å². The second-order valence-corrected chi connectivity index (χ2v) is 7.83. The Morgan fingerprint density at radius 1 is 1.22 bits per heavy atom. The third-order valence-corrected chi connectivity index (χ3v) is 5.41. The van der Waals surface area contributed by atoms with Crippen molar-refractivity contribution in [2.24, 2.45) is 0 Å². The Bertz CT molecular complexity index is 1010. The molecule has 8 heteroatoms. The minimum Gasteiger partial charge on any atom is -0.353 e. The first-order valence-corrected chi connectivity index (χ1v) is 9.94. The van der Waals surface area contributed by atoms with Crippen LogP contribution in [-0.2, 0) is 0 Å². The zero-order valence-electron chi connectivity index (χ0n) is 15.2. The summed E-state index contributed by atoms with van der Waals surface area (Å²) >= 11 is 1.93. The van der Waals surface area contributed by atoms with E-state index >= 15 is 0 Å². The van der Waals surface area contributed by atoms with Gasteiger partial charge in [0.25, 0.3) is 5.91 Å². The van der Waals surface area contributed by atoms with Crippen LogP contribution in [0, 0.1) is 19.7 Å². The molecule has 140 valence electrons. The molecule has 2 aromatic heterocycles. The molecule has 0 spiro atoms. The molecular formula is C19H20FN5OS. The van der Waals surface area contributed by atoms with E-state index in [1.165, 1.54) is 6.07 Å². The molecule has 0 saturated carbocycles. The number of thioether (sulfide) groups is 1. The van der Waals surface area contributed by atoms with Crippen molar-refractivity contribution in [3.05, 3.63) is 53.2 Å². The Balaban J connectivity index is 1.68. The van der Waals surface area contributed by atoms with E-state index in [2.05, 4.69) is 20.3 Å². The lowest BCUT2D eigenvalue weighted by Gasteiger charge is -2.28. The second kappa shape index (κ2) is 7.19. The van der Waals surface area contributed by atoms with Crippen LogP contribution in [0.1, 0.15) is 21.7 Å². The van der Waals surface area contributed by atoms with Crippen molar-refractivity contribution in [3.63, 3.8) is 0 Å². The minimum absolute atomic E-state index is 0.152. The molecule has 0 bridgehead atoms. The fourth-order valence-electron chi connectivity index (χ4n) is 3.13. The molecule has 1 N–H and O–H groups in total. The summed E-state index contributed by atoms with van der Waals surface area (Å²) in [6.45, 7) is 5.58. The zero-order valence-corrected chi connectivity index (χ0v) is 16.0. The Hall–Kier alpha value is -2.61. The molecule has 0 atom stereocenters. The smallest absolute Gasteiger partial charge is 0.276 e. The van der Waals surface area contributed by atoms with Gasteiger partial charge in [0.1, 0.15) is 11.3 Å². The van der Waals surface area contributed by atoms with E-state index in [0.29, 0.717) is 0 Å². The molecule has 1 saturated heterocycles.